The van der Waals surface area contributed by atoms with Crippen LogP contribution in [0.5, 0.6) is 5.75 Å². The number of nitro groups is 1. The van der Waals surface area contributed by atoms with E-state index >= 15 is 0 Å². The summed E-state index contributed by atoms with van der Waals surface area (Å²) in [6.07, 6.45) is 0. The van der Waals surface area contributed by atoms with E-state index in [0.29, 0.717) is 22.5 Å². The molecule has 82 valence electrons. The number of nitrogens with one attached hydrogen (secondary N) is 1. The van der Waals surface area contributed by atoms with E-state index in [-0.39, 0.29) is 5.69 Å². The molecule has 0 radical (unpaired) electrons. The molecule has 6 heteroatoms. The van der Waals surface area contributed by atoms with Gasteiger partial charge in [-0.25, -0.2) is 0 Å². The summed E-state index contributed by atoms with van der Waals surface area (Å²) in [6.45, 7) is 2.46. The van der Waals surface area contributed by atoms with Gasteiger partial charge in [0.05, 0.1) is 16.5 Å². The van der Waals surface area contributed by atoms with E-state index < -0.39 is 4.92 Å². The smallest absolute Gasteiger partial charge is 0.296 e. The normalized spacial score (nSPS) is 9.80. The molecule has 0 heterocycles. The zero-order valence-electron chi connectivity index (χ0n) is 8.41. The van der Waals surface area contributed by atoms with Crippen LogP contribution in [0, 0.1) is 10.1 Å². The largest absolute Gasteiger partial charge is 0.493 e. The number of halogens is 1. The minimum absolute atomic E-state index is 0.0110. The molecule has 0 saturated heterocycles. The lowest BCUT2D eigenvalue weighted by atomic mass is 10.2. The van der Waals surface area contributed by atoms with Crippen LogP contribution in [-0.2, 0) is 0 Å². The van der Waals surface area contributed by atoms with Crippen molar-refractivity contribution in [2.45, 2.75) is 6.92 Å². The first kappa shape index (κ1) is 11.8. The highest BCUT2D eigenvalue weighted by atomic mass is 79.9. The Bertz CT molecular complexity index is 382. The predicted molar refractivity (Wildman–Crippen MR) is 61.5 cm³/mol. The summed E-state index contributed by atoms with van der Waals surface area (Å²) in [5, 5.41) is 13.7. The first-order chi connectivity index (χ1) is 7.11. The third-order valence-corrected chi connectivity index (χ3v) is 2.47. The fraction of sp³-hybridized carbons (Fsp3) is 0.333. The highest BCUT2D eigenvalue weighted by Gasteiger charge is 2.20. The van der Waals surface area contributed by atoms with Crippen molar-refractivity contribution >= 4 is 27.3 Å². The second kappa shape index (κ2) is 4.97. The Morgan fingerprint density at radius 3 is 2.73 bits per heavy atom. The fourth-order valence-electron chi connectivity index (χ4n) is 1.25. The van der Waals surface area contributed by atoms with Gasteiger partial charge in [0.15, 0.2) is 11.4 Å². The van der Waals surface area contributed by atoms with Gasteiger partial charge in [0.2, 0.25) is 0 Å². The van der Waals surface area contributed by atoms with Crippen LogP contribution in [0.15, 0.2) is 16.6 Å². The number of hydrogen-bond donors (Lipinski definition) is 1. The predicted octanol–water partition coefficient (Wildman–Crippen LogP) is 2.80. The van der Waals surface area contributed by atoms with E-state index in [2.05, 4.69) is 21.2 Å². The van der Waals surface area contributed by atoms with E-state index in [1.165, 1.54) is 13.2 Å². The molecule has 15 heavy (non-hydrogen) atoms. The second-order valence-corrected chi connectivity index (χ2v) is 3.62. The Labute approximate surface area is 95.7 Å². The summed E-state index contributed by atoms with van der Waals surface area (Å²) in [5.41, 5.74) is 0.413. The lowest BCUT2D eigenvalue weighted by Gasteiger charge is -2.11. The molecular formula is C9H11BrN2O3. The average Bonchev–Trinajstić information content (AvgIpc) is 2.18. The number of hydrogen-bond acceptors (Lipinski definition) is 4. The summed E-state index contributed by atoms with van der Waals surface area (Å²) in [4.78, 5) is 10.3. The zero-order chi connectivity index (χ0) is 11.4. The Hall–Kier alpha value is -1.30. The van der Waals surface area contributed by atoms with Crippen LogP contribution in [0.3, 0.4) is 0 Å². The van der Waals surface area contributed by atoms with Crippen LogP contribution in [0.1, 0.15) is 6.92 Å². The molecule has 0 aromatic heterocycles. The van der Waals surface area contributed by atoms with Crippen molar-refractivity contribution in [1.82, 2.24) is 0 Å². The molecule has 0 bridgehead atoms. The SMILES string of the molecule is CCNc1c([N+](=O)[O-])ccc(Br)c1OC. The molecule has 0 spiro atoms. The number of anilines is 1. The summed E-state index contributed by atoms with van der Waals surface area (Å²) in [6, 6.07) is 3.03. The molecule has 1 N–H and O–H groups in total. The number of nitrogens with zero attached hydrogens (tertiary/aromatic N) is 1. The van der Waals surface area contributed by atoms with E-state index in [9.17, 15) is 10.1 Å². The molecule has 0 aliphatic rings. The standard InChI is InChI=1S/C9H11BrN2O3/c1-3-11-8-7(12(13)14)5-4-6(10)9(8)15-2/h4-5,11H,3H2,1-2H3. The van der Waals surface area contributed by atoms with Crippen LogP contribution in [-0.4, -0.2) is 18.6 Å². The van der Waals surface area contributed by atoms with Crippen molar-refractivity contribution in [2.75, 3.05) is 19.0 Å². The number of rotatable bonds is 4. The summed E-state index contributed by atoms with van der Waals surface area (Å²) < 4.78 is 5.79. The van der Waals surface area contributed by atoms with Crippen LogP contribution in [0.2, 0.25) is 0 Å². The Morgan fingerprint density at radius 2 is 2.27 bits per heavy atom. The maximum absolute atomic E-state index is 10.8. The molecule has 1 aromatic rings. The lowest BCUT2D eigenvalue weighted by Crippen LogP contribution is -2.03. The number of benzene rings is 1. The summed E-state index contributed by atoms with van der Waals surface area (Å²) in [5.74, 6) is 0.450. The van der Waals surface area contributed by atoms with Gasteiger partial charge in [-0.05, 0) is 28.9 Å². The maximum atomic E-state index is 10.8. The van der Waals surface area contributed by atoms with Gasteiger partial charge in [0, 0.05) is 12.6 Å². The highest BCUT2D eigenvalue weighted by molar-refractivity contribution is 9.10. The van der Waals surface area contributed by atoms with Crippen molar-refractivity contribution in [3.8, 4) is 5.75 Å². The summed E-state index contributed by atoms with van der Waals surface area (Å²) >= 11 is 3.27. The fourth-order valence-corrected chi connectivity index (χ4v) is 1.74. The van der Waals surface area contributed by atoms with Crippen molar-refractivity contribution in [2.24, 2.45) is 0 Å². The van der Waals surface area contributed by atoms with E-state index in [4.69, 9.17) is 4.74 Å². The minimum Gasteiger partial charge on any atom is -0.493 e. The molecule has 0 saturated carbocycles. The van der Waals surface area contributed by atoms with Gasteiger partial charge in [-0.1, -0.05) is 0 Å². The van der Waals surface area contributed by atoms with Gasteiger partial charge >= 0.3 is 0 Å². The van der Waals surface area contributed by atoms with Crippen molar-refractivity contribution in [3.05, 3.63) is 26.7 Å². The Balaban J connectivity index is 3.34. The molecule has 0 atom stereocenters. The van der Waals surface area contributed by atoms with Crippen molar-refractivity contribution in [3.63, 3.8) is 0 Å². The highest BCUT2D eigenvalue weighted by Crippen LogP contribution is 2.39. The Morgan fingerprint density at radius 1 is 1.60 bits per heavy atom. The maximum Gasteiger partial charge on any atom is 0.296 e. The van der Waals surface area contributed by atoms with Gasteiger partial charge < -0.3 is 10.1 Å². The Kier molecular flexibility index (Phi) is 3.90. The van der Waals surface area contributed by atoms with E-state index in [0.717, 1.165) is 0 Å². The van der Waals surface area contributed by atoms with Gasteiger partial charge in [0.25, 0.3) is 5.69 Å². The van der Waals surface area contributed by atoms with Gasteiger partial charge in [0.1, 0.15) is 0 Å². The summed E-state index contributed by atoms with van der Waals surface area (Å²) in [7, 11) is 1.48. The zero-order valence-corrected chi connectivity index (χ0v) is 10.00. The lowest BCUT2D eigenvalue weighted by molar-refractivity contribution is -0.384. The van der Waals surface area contributed by atoms with Crippen LogP contribution < -0.4 is 10.1 Å². The molecule has 0 unspecified atom stereocenters. The van der Waals surface area contributed by atoms with Crippen LogP contribution in [0.25, 0.3) is 0 Å². The molecule has 5 nitrogen and oxygen atoms in total. The monoisotopic (exact) mass is 274 g/mol. The molecule has 0 fully saturated rings. The third-order valence-electron chi connectivity index (χ3n) is 1.84. The third kappa shape index (κ3) is 2.38. The number of ether oxygens (including phenoxy) is 1. The molecule has 0 amide bonds. The minimum atomic E-state index is -0.438. The van der Waals surface area contributed by atoms with Crippen molar-refractivity contribution < 1.29 is 9.66 Å². The quantitative estimate of drug-likeness (QED) is 0.677. The molecular weight excluding hydrogens is 264 g/mol. The van der Waals surface area contributed by atoms with Gasteiger partial charge in [-0.15, -0.1) is 0 Å². The second-order valence-electron chi connectivity index (χ2n) is 2.76. The molecule has 1 rings (SSSR count). The van der Waals surface area contributed by atoms with E-state index in [1.807, 2.05) is 6.92 Å². The first-order valence-corrected chi connectivity index (χ1v) is 5.15. The van der Waals surface area contributed by atoms with E-state index in [1.54, 1.807) is 6.07 Å². The van der Waals surface area contributed by atoms with Crippen LogP contribution in [0.4, 0.5) is 11.4 Å². The molecule has 0 aliphatic heterocycles. The average molecular weight is 275 g/mol. The number of methoxy groups -OCH3 is 1. The first-order valence-electron chi connectivity index (χ1n) is 4.36. The number of nitro benzene ring substituents is 1. The molecule has 0 aliphatic carbocycles. The van der Waals surface area contributed by atoms with Gasteiger partial charge in [-0.3, -0.25) is 10.1 Å². The van der Waals surface area contributed by atoms with Gasteiger partial charge in [-0.2, -0.15) is 0 Å². The van der Waals surface area contributed by atoms with Crippen LogP contribution >= 0.6 is 15.9 Å². The molecule has 1 aromatic carbocycles. The van der Waals surface area contributed by atoms with Crippen molar-refractivity contribution in [1.29, 1.82) is 0 Å². The topological polar surface area (TPSA) is 64.4 Å².